The van der Waals surface area contributed by atoms with Crippen molar-refractivity contribution in [1.29, 1.82) is 0 Å². The van der Waals surface area contributed by atoms with E-state index in [0.717, 1.165) is 34.2 Å². The van der Waals surface area contributed by atoms with E-state index < -0.39 is 0 Å². The number of ether oxygens (including phenoxy) is 2. The Labute approximate surface area is 108 Å². The normalized spacial score (nSPS) is 20.0. The van der Waals surface area contributed by atoms with Crippen LogP contribution in [0.2, 0.25) is 0 Å². The van der Waals surface area contributed by atoms with E-state index in [2.05, 4.69) is 21.0 Å². The van der Waals surface area contributed by atoms with Crippen LogP contribution in [-0.4, -0.2) is 29.1 Å². The second-order valence-electron chi connectivity index (χ2n) is 4.25. The van der Waals surface area contributed by atoms with Gasteiger partial charge in [-0.25, -0.2) is 0 Å². The zero-order chi connectivity index (χ0) is 11.8. The van der Waals surface area contributed by atoms with Gasteiger partial charge in [-0.3, -0.25) is 4.68 Å². The highest BCUT2D eigenvalue weighted by Gasteiger charge is 2.18. The maximum absolute atomic E-state index is 5.90. The zero-order valence-corrected chi connectivity index (χ0v) is 11.1. The molecule has 17 heavy (non-hydrogen) atoms. The zero-order valence-electron chi connectivity index (χ0n) is 9.52. The standard InChI is InChI=1S/C12H13BrN2O2/c1-15-6-8-4-10(13)12(5-11(8)14-15)17-9-2-3-16-7-9/h4-6,9H,2-3,7H2,1H3. The highest BCUT2D eigenvalue weighted by atomic mass is 79.9. The summed E-state index contributed by atoms with van der Waals surface area (Å²) in [7, 11) is 1.92. The lowest BCUT2D eigenvalue weighted by Crippen LogP contribution is -2.15. The third-order valence-electron chi connectivity index (χ3n) is 2.85. The van der Waals surface area contributed by atoms with Crippen LogP contribution in [0, 0.1) is 0 Å². The Balaban J connectivity index is 1.94. The van der Waals surface area contributed by atoms with E-state index in [0.29, 0.717) is 6.61 Å². The van der Waals surface area contributed by atoms with Crippen LogP contribution in [0.3, 0.4) is 0 Å². The molecule has 0 amide bonds. The summed E-state index contributed by atoms with van der Waals surface area (Å²) in [5.74, 6) is 0.840. The average molecular weight is 297 g/mol. The molecule has 90 valence electrons. The Hall–Kier alpha value is -1.07. The molecule has 1 aromatic carbocycles. The number of fused-ring (bicyclic) bond motifs is 1. The SMILES string of the molecule is Cn1cc2cc(Br)c(OC3CCOC3)cc2n1. The topological polar surface area (TPSA) is 36.3 Å². The molecule has 5 heteroatoms. The van der Waals surface area contributed by atoms with E-state index in [1.54, 1.807) is 4.68 Å². The number of hydrogen-bond donors (Lipinski definition) is 0. The van der Waals surface area contributed by atoms with Crippen molar-refractivity contribution in [3.63, 3.8) is 0 Å². The van der Waals surface area contributed by atoms with Crippen molar-refractivity contribution >= 4 is 26.8 Å². The number of aromatic nitrogens is 2. The van der Waals surface area contributed by atoms with Crippen molar-refractivity contribution in [2.24, 2.45) is 7.05 Å². The van der Waals surface area contributed by atoms with Crippen LogP contribution in [-0.2, 0) is 11.8 Å². The van der Waals surface area contributed by atoms with Gasteiger partial charge >= 0.3 is 0 Å². The maximum Gasteiger partial charge on any atom is 0.136 e. The lowest BCUT2D eigenvalue weighted by atomic mass is 10.2. The first-order chi connectivity index (χ1) is 8.22. The van der Waals surface area contributed by atoms with Gasteiger partial charge in [-0.15, -0.1) is 0 Å². The molecule has 1 fully saturated rings. The van der Waals surface area contributed by atoms with Crippen LogP contribution < -0.4 is 4.74 Å². The fourth-order valence-electron chi connectivity index (χ4n) is 2.02. The summed E-state index contributed by atoms with van der Waals surface area (Å²) < 4.78 is 14.0. The molecule has 0 N–H and O–H groups in total. The van der Waals surface area contributed by atoms with Crippen molar-refractivity contribution in [2.75, 3.05) is 13.2 Å². The molecule has 1 atom stereocenters. The van der Waals surface area contributed by atoms with E-state index in [4.69, 9.17) is 9.47 Å². The van der Waals surface area contributed by atoms with E-state index in [-0.39, 0.29) is 6.10 Å². The minimum Gasteiger partial charge on any atom is -0.487 e. The lowest BCUT2D eigenvalue weighted by Gasteiger charge is -2.13. The minimum absolute atomic E-state index is 0.160. The average Bonchev–Trinajstić information content (AvgIpc) is 2.87. The van der Waals surface area contributed by atoms with Gasteiger partial charge in [0.15, 0.2) is 0 Å². The Kier molecular flexibility index (Phi) is 2.80. The minimum atomic E-state index is 0.160. The molecule has 2 heterocycles. The summed E-state index contributed by atoms with van der Waals surface area (Å²) in [4.78, 5) is 0. The van der Waals surface area contributed by atoms with Crippen molar-refractivity contribution in [3.8, 4) is 5.75 Å². The van der Waals surface area contributed by atoms with Crippen molar-refractivity contribution in [2.45, 2.75) is 12.5 Å². The third-order valence-corrected chi connectivity index (χ3v) is 3.47. The molecule has 0 bridgehead atoms. The quantitative estimate of drug-likeness (QED) is 0.854. The predicted octanol–water partition coefficient (Wildman–Crippen LogP) is 2.50. The number of hydrogen-bond acceptors (Lipinski definition) is 3. The van der Waals surface area contributed by atoms with Gasteiger partial charge in [-0.05, 0) is 22.0 Å². The molecule has 0 radical (unpaired) electrons. The Morgan fingerprint density at radius 1 is 1.53 bits per heavy atom. The molecular formula is C12H13BrN2O2. The second-order valence-corrected chi connectivity index (χ2v) is 5.10. The molecule has 1 aliphatic heterocycles. The summed E-state index contributed by atoms with van der Waals surface area (Å²) in [6.45, 7) is 1.46. The van der Waals surface area contributed by atoms with Crippen LogP contribution >= 0.6 is 15.9 Å². The highest BCUT2D eigenvalue weighted by molar-refractivity contribution is 9.10. The van der Waals surface area contributed by atoms with Crippen LogP contribution in [0.25, 0.3) is 10.9 Å². The molecule has 1 unspecified atom stereocenters. The number of rotatable bonds is 2. The Bertz CT molecular complexity index is 547. The predicted molar refractivity (Wildman–Crippen MR) is 68.3 cm³/mol. The van der Waals surface area contributed by atoms with Gasteiger partial charge in [0.1, 0.15) is 11.9 Å². The smallest absolute Gasteiger partial charge is 0.136 e. The van der Waals surface area contributed by atoms with Crippen LogP contribution in [0.5, 0.6) is 5.75 Å². The van der Waals surface area contributed by atoms with Gasteiger partial charge in [-0.2, -0.15) is 5.10 Å². The molecule has 0 spiro atoms. The van der Waals surface area contributed by atoms with E-state index in [1.807, 2.05) is 25.4 Å². The molecule has 1 saturated heterocycles. The van der Waals surface area contributed by atoms with Crippen LogP contribution in [0.1, 0.15) is 6.42 Å². The lowest BCUT2D eigenvalue weighted by molar-refractivity contribution is 0.141. The fraction of sp³-hybridized carbons (Fsp3) is 0.417. The number of halogens is 1. The molecule has 1 aliphatic rings. The molecular weight excluding hydrogens is 284 g/mol. The van der Waals surface area contributed by atoms with E-state index in [1.165, 1.54) is 0 Å². The third kappa shape index (κ3) is 2.17. The summed E-state index contributed by atoms with van der Waals surface area (Å²) in [6, 6.07) is 4.01. The fourth-order valence-corrected chi connectivity index (χ4v) is 2.48. The maximum atomic E-state index is 5.90. The molecule has 3 rings (SSSR count). The van der Waals surface area contributed by atoms with Gasteiger partial charge < -0.3 is 9.47 Å². The first-order valence-corrected chi connectivity index (χ1v) is 6.39. The van der Waals surface area contributed by atoms with Crippen molar-refractivity contribution < 1.29 is 9.47 Å². The summed E-state index contributed by atoms with van der Waals surface area (Å²) in [5.41, 5.74) is 0.949. The van der Waals surface area contributed by atoms with Crippen LogP contribution in [0.15, 0.2) is 22.8 Å². The summed E-state index contributed by atoms with van der Waals surface area (Å²) in [6.07, 6.45) is 3.10. The Morgan fingerprint density at radius 3 is 3.18 bits per heavy atom. The summed E-state index contributed by atoms with van der Waals surface area (Å²) >= 11 is 3.53. The molecule has 2 aromatic rings. The van der Waals surface area contributed by atoms with Crippen LogP contribution in [0.4, 0.5) is 0 Å². The van der Waals surface area contributed by atoms with Gasteiger partial charge in [0.2, 0.25) is 0 Å². The van der Waals surface area contributed by atoms with Gasteiger partial charge in [0.25, 0.3) is 0 Å². The molecule has 0 saturated carbocycles. The largest absolute Gasteiger partial charge is 0.487 e. The Morgan fingerprint density at radius 2 is 2.41 bits per heavy atom. The van der Waals surface area contributed by atoms with Crippen molar-refractivity contribution in [1.82, 2.24) is 9.78 Å². The van der Waals surface area contributed by atoms with Gasteiger partial charge in [-0.1, -0.05) is 0 Å². The number of nitrogens with zero attached hydrogens (tertiary/aromatic N) is 2. The summed E-state index contributed by atoms with van der Waals surface area (Å²) in [5, 5.41) is 5.48. The first kappa shape index (κ1) is 11.0. The number of aryl methyl sites for hydroxylation is 1. The monoisotopic (exact) mass is 296 g/mol. The molecule has 1 aromatic heterocycles. The van der Waals surface area contributed by atoms with Gasteiger partial charge in [0, 0.05) is 31.1 Å². The number of benzene rings is 1. The van der Waals surface area contributed by atoms with E-state index >= 15 is 0 Å². The van der Waals surface area contributed by atoms with E-state index in [9.17, 15) is 0 Å². The van der Waals surface area contributed by atoms with Gasteiger partial charge in [0.05, 0.1) is 23.2 Å². The first-order valence-electron chi connectivity index (χ1n) is 5.60. The second kappa shape index (κ2) is 4.31. The van der Waals surface area contributed by atoms with Crippen molar-refractivity contribution in [3.05, 3.63) is 22.8 Å². The molecule has 4 nitrogen and oxygen atoms in total. The highest BCUT2D eigenvalue weighted by Crippen LogP contribution is 2.31. The molecule has 0 aliphatic carbocycles.